The number of benzene rings is 1. The van der Waals surface area contributed by atoms with Gasteiger partial charge in [-0.2, -0.15) is 4.68 Å². The van der Waals surface area contributed by atoms with Gasteiger partial charge in [-0.05, 0) is 48.0 Å². The molecule has 2 heterocycles. The molecule has 0 spiro atoms. The summed E-state index contributed by atoms with van der Waals surface area (Å²) in [5, 5.41) is 15.6. The van der Waals surface area contributed by atoms with Gasteiger partial charge in [-0.1, -0.05) is 28.4 Å². The molecule has 19 heavy (non-hydrogen) atoms. The van der Waals surface area contributed by atoms with Crippen LogP contribution >= 0.6 is 15.9 Å². The highest BCUT2D eigenvalue weighted by Crippen LogP contribution is 2.17. The van der Waals surface area contributed by atoms with Crippen LogP contribution in [0.5, 0.6) is 0 Å². The van der Waals surface area contributed by atoms with Gasteiger partial charge < -0.3 is 5.32 Å². The minimum absolute atomic E-state index is 0.491. The van der Waals surface area contributed by atoms with Crippen LogP contribution in [0, 0.1) is 0 Å². The Morgan fingerprint density at radius 3 is 3.11 bits per heavy atom. The Balaban J connectivity index is 1.81. The average Bonchev–Trinajstić information content (AvgIpc) is 2.88. The molecule has 1 aromatic carbocycles. The first-order valence-electron chi connectivity index (χ1n) is 6.59. The first-order chi connectivity index (χ1) is 9.33. The van der Waals surface area contributed by atoms with E-state index in [2.05, 4.69) is 36.8 Å². The molecule has 1 N–H and O–H groups in total. The van der Waals surface area contributed by atoms with Gasteiger partial charge in [0.15, 0.2) is 5.82 Å². The van der Waals surface area contributed by atoms with E-state index in [-0.39, 0.29) is 0 Å². The van der Waals surface area contributed by atoms with E-state index in [0.29, 0.717) is 6.04 Å². The average molecular weight is 322 g/mol. The summed E-state index contributed by atoms with van der Waals surface area (Å²) in [6.45, 7) is 1.10. The van der Waals surface area contributed by atoms with Crippen LogP contribution in [0.1, 0.15) is 25.1 Å². The molecule has 1 unspecified atom stereocenters. The van der Waals surface area contributed by atoms with Crippen LogP contribution in [-0.4, -0.2) is 32.8 Å². The molecule has 1 aromatic heterocycles. The van der Waals surface area contributed by atoms with Crippen LogP contribution < -0.4 is 5.32 Å². The van der Waals surface area contributed by atoms with E-state index < -0.39 is 0 Å². The van der Waals surface area contributed by atoms with Crippen molar-refractivity contribution in [2.24, 2.45) is 0 Å². The van der Waals surface area contributed by atoms with Gasteiger partial charge in [-0.25, -0.2) is 0 Å². The fourth-order valence-electron chi connectivity index (χ4n) is 2.46. The van der Waals surface area contributed by atoms with Crippen molar-refractivity contribution in [2.45, 2.75) is 31.7 Å². The SMILES string of the molecule is Brc1cccc(-n2nnnc2CC2CCCCN2)c1. The Bertz CT molecular complexity index is 547. The van der Waals surface area contributed by atoms with Gasteiger partial charge >= 0.3 is 0 Å². The summed E-state index contributed by atoms with van der Waals surface area (Å²) in [6.07, 6.45) is 4.63. The molecule has 5 nitrogen and oxygen atoms in total. The molecule has 1 fully saturated rings. The zero-order valence-corrected chi connectivity index (χ0v) is 12.2. The standard InChI is InChI=1S/C13H16BrN5/c14-10-4-3-6-12(8-10)19-13(16-17-18-19)9-11-5-1-2-7-15-11/h3-4,6,8,11,15H,1-2,5,7,9H2. The molecule has 6 heteroatoms. The summed E-state index contributed by atoms with van der Waals surface area (Å²) in [4.78, 5) is 0. The van der Waals surface area contributed by atoms with Crippen molar-refractivity contribution in [2.75, 3.05) is 6.54 Å². The first-order valence-corrected chi connectivity index (χ1v) is 7.39. The molecule has 0 bridgehead atoms. The highest BCUT2D eigenvalue weighted by atomic mass is 79.9. The Morgan fingerprint density at radius 2 is 2.32 bits per heavy atom. The minimum Gasteiger partial charge on any atom is -0.314 e. The van der Waals surface area contributed by atoms with Crippen LogP contribution in [0.2, 0.25) is 0 Å². The summed E-state index contributed by atoms with van der Waals surface area (Å²) in [5.74, 6) is 0.914. The number of nitrogens with one attached hydrogen (secondary N) is 1. The summed E-state index contributed by atoms with van der Waals surface area (Å²) in [7, 11) is 0. The molecular weight excluding hydrogens is 306 g/mol. The van der Waals surface area contributed by atoms with Crippen molar-refractivity contribution >= 4 is 15.9 Å². The molecule has 100 valence electrons. The van der Waals surface area contributed by atoms with Crippen LogP contribution in [-0.2, 0) is 6.42 Å². The van der Waals surface area contributed by atoms with Gasteiger partial charge in [-0.15, -0.1) is 5.10 Å². The van der Waals surface area contributed by atoms with Gasteiger partial charge in [0, 0.05) is 16.9 Å². The number of hydrogen-bond donors (Lipinski definition) is 1. The number of tetrazole rings is 1. The molecular formula is C13H16BrN5. The quantitative estimate of drug-likeness (QED) is 0.940. The molecule has 1 aliphatic heterocycles. The summed E-state index contributed by atoms with van der Waals surface area (Å²) in [5.41, 5.74) is 0.991. The third-order valence-corrected chi connectivity index (χ3v) is 3.92. The smallest absolute Gasteiger partial charge is 0.158 e. The Morgan fingerprint density at radius 1 is 1.37 bits per heavy atom. The van der Waals surface area contributed by atoms with E-state index in [0.717, 1.165) is 29.0 Å². The predicted octanol–water partition coefficient (Wildman–Crippen LogP) is 2.11. The van der Waals surface area contributed by atoms with Crippen LogP contribution in [0.25, 0.3) is 5.69 Å². The van der Waals surface area contributed by atoms with Crippen LogP contribution in [0.15, 0.2) is 28.7 Å². The number of halogens is 1. The fourth-order valence-corrected chi connectivity index (χ4v) is 2.85. The fraction of sp³-hybridized carbons (Fsp3) is 0.462. The number of aromatic nitrogens is 4. The van der Waals surface area contributed by atoms with Gasteiger partial charge in [0.1, 0.15) is 0 Å². The Labute approximate surface area is 120 Å². The maximum atomic E-state index is 4.16. The van der Waals surface area contributed by atoms with Gasteiger partial charge in [0.25, 0.3) is 0 Å². The van der Waals surface area contributed by atoms with E-state index in [4.69, 9.17) is 0 Å². The van der Waals surface area contributed by atoms with Crippen LogP contribution in [0.4, 0.5) is 0 Å². The normalized spacial score (nSPS) is 19.5. The van der Waals surface area contributed by atoms with E-state index in [1.54, 1.807) is 0 Å². The lowest BCUT2D eigenvalue weighted by Crippen LogP contribution is -2.36. The molecule has 0 amide bonds. The maximum absolute atomic E-state index is 4.16. The molecule has 1 atom stereocenters. The lowest BCUT2D eigenvalue weighted by Gasteiger charge is -2.22. The summed E-state index contributed by atoms with van der Waals surface area (Å²) in [6, 6.07) is 8.51. The number of piperidine rings is 1. The van der Waals surface area contributed by atoms with Gasteiger partial charge in [0.05, 0.1) is 5.69 Å². The van der Waals surface area contributed by atoms with Crippen molar-refractivity contribution in [3.05, 3.63) is 34.6 Å². The van der Waals surface area contributed by atoms with Gasteiger partial charge in [0.2, 0.25) is 0 Å². The van der Waals surface area contributed by atoms with Crippen molar-refractivity contribution in [1.82, 2.24) is 25.5 Å². The monoisotopic (exact) mass is 321 g/mol. The second kappa shape index (κ2) is 5.79. The minimum atomic E-state index is 0.491. The molecule has 0 radical (unpaired) electrons. The molecule has 1 saturated heterocycles. The van der Waals surface area contributed by atoms with Crippen molar-refractivity contribution in [3.63, 3.8) is 0 Å². The van der Waals surface area contributed by atoms with Gasteiger partial charge in [-0.3, -0.25) is 0 Å². The molecule has 1 aliphatic rings. The number of hydrogen-bond acceptors (Lipinski definition) is 4. The zero-order chi connectivity index (χ0) is 13.1. The van der Waals surface area contributed by atoms with E-state index in [9.17, 15) is 0 Å². The van der Waals surface area contributed by atoms with Crippen molar-refractivity contribution in [3.8, 4) is 5.69 Å². The Hall–Kier alpha value is -1.27. The lowest BCUT2D eigenvalue weighted by molar-refractivity contribution is 0.392. The number of rotatable bonds is 3. The molecule has 2 aromatic rings. The lowest BCUT2D eigenvalue weighted by atomic mass is 10.0. The second-order valence-corrected chi connectivity index (χ2v) is 5.75. The summed E-state index contributed by atoms with van der Waals surface area (Å²) >= 11 is 3.48. The number of nitrogens with zero attached hydrogens (tertiary/aromatic N) is 4. The maximum Gasteiger partial charge on any atom is 0.158 e. The highest BCUT2D eigenvalue weighted by molar-refractivity contribution is 9.10. The molecule has 0 saturated carbocycles. The zero-order valence-electron chi connectivity index (χ0n) is 10.6. The highest BCUT2D eigenvalue weighted by Gasteiger charge is 2.17. The second-order valence-electron chi connectivity index (χ2n) is 4.84. The first kappa shape index (κ1) is 12.7. The molecule has 0 aliphatic carbocycles. The van der Waals surface area contributed by atoms with Crippen LogP contribution in [0.3, 0.4) is 0 Å². The van der Waals surface area contributed by atoms with Crippen molar-refractivity contribution < 1.29 is 0 Å². The van der Waals surface area contributed by atoms with E-state index in [1.807, 2.05) is 28.9 Å². The largest absolute Gasteiger partial charge is 0.314 e. The third-order valence-electron chi connectivity index (χ3n) is 3.43. The molecule has 3 rings (SSSR count). The topological polar surface area (TPSA) is 55.6 Å². The predicted molar refractivity (Wildman–Crippen MR) is 76.2 cm³/mol. The third kappa shape index (κ3) is 3.01. The van der Waals surface area contributed by atoms with E-state index >= 15 is 0 Å². The summed E-state index contributed by atoms with van der Waals surface area (Å²) < 4.78 is 2.85. The van der Waals surface area contributed by atoms with Crippen molar-refractivity contribution in [1.29, 1.82) is 0 Å². The Kier molecular flexibility index (Phi) is 3.89. The van der Waals surface area contributed by atoms with E-state index in [1.165, 1.54) is 19.3 Å².